The molecule has 0 aliphatic rings. The van der Waals surface area contributed by atoms with E-state index in [1.165, 1.54) is 0 Å². The first-order chi connectivity index (χ1) is 10.6. The third kappa shape index (κ3) is 4.24. The lowest BCUT2D eigenvalue weighted by Gasteiger charge is -2.16. The summed E-state index contributed by atoms with van der Waals surface area (Å²) < 4.78 is 0. The largest absolute Gasteiger partial charge is 0.862 e. The molecule has 1 amide bonds. The number of benzene rings is 2. The zero-order valence-electron chi connectivity index (χ0n) is 12.5. The molecular formula is C17H19N2O2S-. The highest BCUT2D eigenvalue weighted by Crippen LogP contribution is 2.18. The number of carbonyl (C=O) groups excluding carboxylic acids is 1. The molecule has 0 saturated carbocycles. The van der Waals surface area contributed by atoms with Crippen LogP contribution in [0.2, 0.25) is 0 Å². The van der Waals surface area contributed by atoms with Crippen molar-refractivity contribution in [3.63, 3.8) is 0 Å². The summed E-state index contributed by atoms with van der Waals surface area (Å²) in [6, 6.07) is 13.1. The maximum atomic E-state index is 12.1. The number of nitrogens with one attached hydrogen (secondary N) is 1. The number of amides is 1. The highest BCUT2D eigenvalue weighted by molar-refractivity contribution is 7.80. The van der Waals surface area contributed by atoms with Gasteiger partial charge in [0.05, 0.1) is 0 Å². The van der Waals surface area contributed by atoms with E-state index in [1.54, 1.807) is 6.92 Å². The topological polar surface area (TPSA) is 64.5 Å². The molecule has 1 N–H and O–H groups in total. The number of fused-ring (bicyclic) bond motifs is 1. The van der Waals surface area contributed by atoms with E-state index in [9.17, 15) is 9.90 Å². The molecule has 0 radical (unpaired) electrons. The molecule has 2 aromatic carbocycles. The maximum Gasteiger partial charge on any atom is 0.244 e. The summed E-state index contributed by atoms with van der Waals surface area (Å²) in [5.41, 5.74) is 0.926. The minimum atomic E-state index is -0.678. The van der Waals surface area contributed by atoms with Crippen LogP contribution in [-0.4, -0.2) is 30.1 Å². The summed E-state index contributed by atoms with van der Waals surface area (Å²) >= 11 is 4.02. The van der Waals surface area contributed by atoms with Crippen molar-refractivity contribution in [2.75, 3.05) is 12.3 Å². The van der Waals surface area contributed by atoms with E-state index in [-0.39, 0.29) is 18.2 Å². The molecule has 4 nitrogen and oxygen atoms in total. The van der Waals surface area contributed by atoms with Crippen LogP contribution >= 0.6 is 12.6 Å². The van der Waals surface area contributed by atoms with Crippen molar-refractivity contribution in [3.8, 4) is 0 Å². The van der Waals surface area contributed by atoms with Gasteiger partial charge in [0.1, 0.15) is 6.04 Å². The zero-order chi connectivity index (χ0) is 15.9. The summed E-state index contributed by atoms with van der Waals surface area (Å²) in [4.78, 5) is 15.7. The van der Waals surface area contributed by atoms with Crippen molar-refractivity contribution in [1.82, 2.24) is 5.32 Å². The summed E-state index contributed by atoms with van der Waals surface area (Å²) in [7, 11) is 0. The fourth-order valence-electron chi connectivity index (χ4n) is 2.26. The molecule has 0 fully saturated rings. The van der Waals surface area contributed by atoms with E-state index in [2.05, 4.69) is 22.9 Å². The van der Waals surface area contributed by atoms with Crippen molar-refractivity contribution in [3.05, 3.63) is 48.0 Å². The van der Waals surface area contributed by atoms with Gasteiger partial charge in [0.2, 0.25) is 5.91 Å². The van der Waals surface area contributed by atoms with Gasteiger partial charge in [-0.3, -0.25) is 9.79 Å². The van der Waals surface area contributed by atoms with Gasteiger partial charge in [-0.05, 0) is 29.2 Å². The van der Waals surface area contributed by atoms with Gasteiger partial charge < -0.3 is 10.4 Å². The van der Waals surface area contributed by atoms with Crippen LogP contribution in [0.1, 0.15) is 12.5 Å². The quantitative estimate of drug-likeness (QED) is 0.483. The average molecular weight is 315 g/mol. The third-order valence-corrected chi connectivity index (χ3v) is 3.57. The Morgan fingerprint density at radius 1 is 1.27 bits per heavy atom. The molecule has 2 rings (SSSR count). The van der Waals surface area contributed by atoms with Gasteiger partial charge in [-0.25, -0.2) is 0 Å². The van der Waals surface area contributed by atoms with E-state index < -0.39 is 6.04 Å². The van der Waals surface area contributed by atoms with E-state index >= 15 is 0 Å². The number of rotatable bonds is 6. The minimum absolute atomic E-state index is 0.200. The van der Waals surface area contributed by atoms with Crippen LogP contribution in [0, 0.1) is 0 Å². The Balaban J connectivity index is 2.11. The van der Waals surface area contributed by atoms with Gasteiger partial charge in [0, 0.05) is 18.7 Å². The monoisotopic (exact) mass is 315 g/mol. The van der Waals surface area contributed by atoms with Gasteiger partial charge in [0.25, 0.3) is 0 Å². The molecular weight excluding hydrogens is 296 g/mol. The van der Waals surface area contributed by atoms with E-state index in [1.807, 2.05) is 42.5 Å². The Morgan fingerprint density at radius 3 is 2.77 bits per heavy atom. The van der Waals surface area contributed by atoms with Crippen LogP contribution < -0.4 is 10.4 Å². The number of carbonyl (C=O) groups is 1. The molecule has 0 aliphatic heterocycles. The predicted molar refractivity (Wildman–Crippen MR) is 91.4 cm³/mol. The van der Waals surface area contributed by atoms with Crippen LogP contribution in [0.3, 0.4) is 0 Å². The fourth-order valence-corrected chi connectivity index (χ4v) is 2.37. The molecule has 1 atom stereocenters. The van der Waals surface area contributed by atoms with E-state index in [4.69, 9.17) is 0 Å². The van der Waals surface area contributed by atoms with Crippen molar-refractivity contribution >= 4 is 35.2 Å². The summed E-state index contributed by atoms with van der Waals surface area (Å²) in [5, 5.41) is 16.9. The predicted octanol–water partition coefficient (Wildman–Crippen LogP) is 1.58. The van der Waals surface area contributed by atoms with Crippen LogP contribution in [0.15, 0.2) is 47.5 Å². The van der Waals surface area contributed by atoms with Gasteiger partial charge in [-0.2, -0.15) is 12.6 Å². The molecule has 5 heteroatoms. The van der Waals surface area contributed by atoms with Crippen LogP contribution in [0.25, 0.3) is 10.8 Å². The lowest BCUT2D eigenvalue weighted by Crippen LogP contribution is -2.35. The Bertz CT molecular complexity index is 680. The summed E-state index contributed by atoms with van der Waals surface area (Å²) in [5.74, 6) is 0.0211. The Morgan fingerprint density at radius 2 is 2.00 bits per heavy atom. The fraction of sp³-hybridized carbons (Fsp3) is 0.294. The standard InChI is InChI=1S/C17H20N2O2S/c1-12(17(21)18-9-10-22)19-16(20)11-14-7-4-6-13-5-2-3-8-15(13)14/h2-8,12,22H,9-11H2,1H3,(H,18,21)(H,19,20)/p-1/t12-/m0/s1. The van der Waals surface area contributed by atoms with Gasteiger partial charge in [-0.1, -0.05) is 42.5 Å². The zero-order valence-corrected chi connectivity index (χ0v) is 13.3. The second kappa shape index (κ2) is 7.84. The highest BCUT2D eigenvalue weighted by Gasteiger charge is 2.09. The SMILES string of the molecule is C[C@H](N=C([O-])Cc1cccc2ccccc12)C(=O)NCCS. The molecule has 0 spiro atoms. The first-order valence-corrected chi connectivity index (χ1v) is 7.84. The smallest absolute Gasteiger partial charge is 0.244 e. The van der Waals surface area contributed by atoms with Crippen molar-refractivity contribution in [2.24, 2.45) is 4.99 Å². The number of nitrogens with zero attached hydrogens (tertiary/aromatic N) is 1. The lowest BCUT2D eigenvalue weighted by atomic mass is 10.0. The van der Waals surface area contributed by atoms with Crippen LogP contribution in [0.5, 0.6) is 0 Å². The van der Waals surface area contributed by atoms with Gasteiger partial charge in [-0.15, -0.1) is 0 Å². The van der Waals surface area contributed by atoms with Crippen molar-refractivity contribution in [1.29, 1.82) is 0 Å². The molecule has 0 aromatic heterocycles. The van der Waals surface area contributed by atoms with Crippen LogP contribution in [-0.2, 0) is 11.2 Å². The summed E-state index contributed by atoms with van der Waals surface area (Å²) in [6.45, 7) is 2.09. The lowest BCUT2D eigenvalue weighted by molar-refractivity contribution is -0.218. The third-order valence-electron chi connectivity index (χ3n) is 3.35. The minimum Gasteiger partial charge on any atom is -0.862 e. The second-order valence-electron chi connectivity index (χ2n) is 5.03. The van der Waals surface area contributed by atoms with E-state index in [0.29, 0.717) is 12.3 Å². The molecule has 116 valence electrons. The van der Waals surface area contributed by atoms with Crippen molar-refractivity contribution in [2.45, 2.75) is 19.4 Å². The normalized spacial score (nSPS) is 13.1. The second-order valence-corrected chi connectivity index (χ2v) is 5.48. The molecule has 0 bridgehead atoms. The number of hydrogen-bond acceptors (Lipinski definition) is 4. The van der Waals surface area contributed by atoms with Gasteiger partial charge in [0.15, 0.2) is 0 Å². The molecule has 2 aromatic rings. The number of hydrogen-bond donors (Lipinski definition) is 2. The number of thiol groups is 1. The first kappa shape index (κ1) is 16.4. The molecule has 0 heterocycles. The molecule has 22 heavy (non-hydrogen) atoms. The van der Waals surface area contributed by atoms with Crippen molar-refractivity contribution < 1.29 is 9.90 Å². The average Bonchev–Trinajstić information content (AvgIpc) is 2.52. The van der Waals surface area contributed by atoms with E-state index in [0.717, 1.165) is 16.3 Å². The Kier molecular flexibility index (Phi) is 5.83. The van der Waals surface area contributed by atoms with Crippen LogP contribution in [0.4, 0.5) is 0 Å². The van der Waals surface area contributed by atoms with Gasteiger partial charge >= 0.3 is 0 Å². The Hall–Kier alpha value is -2.01. The maximum absolute atomic E-state index is 12.1. The molecule has 0 aliphatic carbocycles. The molecule has 0 unspecified atom stereocenters. The highest BCUT2D eigenvalue weighted by atomic mass is 32.1. The molecule has 0 saturated heterocycles. The first-order valence-electron chi connectivity index (χ1n) is 7.20. The Labute approximate surface area is 135 Å². The summed E-state index contributed by atoms with van der Waals surface area (Å²) in [6.07, 6.45) is 0.200. The number of aliphatic imine (C=N–C) groups is 1.